The molecule has 10 aromatic carbocycles. The Hall–Kier alpha value is -11.2. The number of nitriles is 5. The second kappa shape index (κ2) is 19.1. The van der Waals surface area contributed by atoms with E-state index in [1.54, 1.807) is 77.4 Å². The molecule has 13 heteroatoms. The van der Waals surface area contributed by atoms with Crippen molar-refractivity contribution >= 4 is 43.6 Å². The van der Waals surface area contributed by atoms with Crippen molar-refractivity contribution in [1.29, 1.82) is 26.3 Å². The van der Waals surface area contributed by atoms with E-state index >= 15 is 26.3 Å². The van der Waals surface area contributed by atoms with Crippen molar-refractivity contribution in [1.82, 2.24) is 9.13 Å². The maximum absolute atomic E-state index is 15.4. The van der Waals surface area contributed by atoms with Gasteiger partial charge >= 0.3 is 12.4 Å². The summed E-state index contributed by atoms with van der Waals surface area (Å²) >= 11 is 0. The lowest BCUT2D eigenvalue weighted by Gasteiger charge is -2.23. The SMILES string of the molecule is N#Cc1cccc(-c2ccc3c4ccc(-c5cccc(C#N)c5)cc4n(-c4cc(C#N)c(-c5c(C(F)(F)F)cccc5C(F)(F)F)cc4-n4c5cc(-c6cccc(C#N)c6)ccc5c5ccc(-c6cccc(C#N)c6)cc54)c3c2)c1. The standard InChI is InChI=1S/C67H33F6N7/c68-66(69,70)57-14-5-15-58(67(71,72)73)65(57)56-33-64(80-61-30-49(45-12-3-8-41(26-45)36-76)18-22-54(61)55-23-19-50(31-62(55)80)46-13-4-9-42(27-46)37-77)63(32-51(56)38-78)79-59-28-47(43-10-1-6-39(24-43)34-74)16-20-52(59)53-21-17-48(29-60(53)79)44-11-2-7-40(25-44)35-75/h1-33H. The molecule has 12 aromatic rings. The zero-order chi connectivity index (χ0) is 55.6. The third-order valence-corrected chi connectivity index (χ3v) is 14.5. The molecule has 0 spiro atoms. The van der Waals surface area contributed by atoms with Crippen LogP contribution in [0.4, 0.5) is 26.3 Å². The van der Waals surface area contributed by atoms with Crippen molar-refractivity contribution in [3.63, 3.8) is 0 Å². The van der Waals surface area contributed by atoms with Gasteiger partial charge in [0, 0.05) is 32.7 Å². The largest absolute Gasteiger partial charge is 0.417 e. The third kappa shape index (κ3) is 8.48. The Balaban J connectivity index is 1.30. The lowest BCUT2D eigenvalue weighted by Crippen LogP contribution is -2.15. The van der Waals surface area contributed by atoms with Crippen LogP contribution in [0.5, 0.6) is 0 Å². The number of nitrogens with zero attached hydrogens (tertiary/aromatic N) is 7. The molecule has 0 bridgehead atoms. The van der Waals surface area contributed by atoms with Gasteiger partial charge in [0.1, 0.15) is 0 Å². The van der Waals surface area contributed by atoms with E-state index in [2.05, 4.69) is 24.3 Å². The molecule has 0 aliphatic heterocycles. The number of alkyl halides is 6. The number of aromatic nitrogens is 2. The van der Waals surface area contributed by atoms with Crippen LogP contribution >= 0.6 is 0 Å². The minimum Gasteiger partial charge on any atom is -0.307 e. The van der Waals surface area contributed by atoms with Crippen LogP contribution < -0.4 is 0 Å². The van der Waals surface area contributed by atoms with Gasteiger partial charge < -0.3 is 9.13 Å². The summed E-state index contributed by atoms with van der Waals surface area (Å²) in [5, 5.41) is 53.7. The predicted octanol–water partition coefficient (Wildman–Crippen LogP) is 17.6. The maximum atomic E-state index is 15.4. The van der Waals surface area contributed by atoms with E-state index in [0.717, 1.165) is 0 Å². The monoisotopic (exact) mass is 1050 g/mol. The lowest BCUT2D eigenvalue weighted by molar-refractivity contribution is -0.142. The van der Waals surface area contributed by atoms with Gasteiger partial charge in [0.15, 0.2) is 0 Å². The van der Waals surface area contributed by atoms with Crippen molar-refractivity contribution in [3.05, 3.63) is 239 Å². The van der Waals surface area contributed by atoms with Gasteiger partial charge in [0.2, 0.25) is 0 Å². The Morgan fingerprint density at radius 3 is 0.875 bits per heavy atom. The summed E-state index contributed by atoms with van der Waals surface area (Å²) in [7, 11) is 0. The summed E-state index contributed by atoms with van der Waals surface area (Å²) in [5.41, 5.74) is 3.42. The van der Waals surface area contributed by atoms with Gasteiger partial charge in [-0.3, -0.25) is 0 Å². The van der Waals surface area contributed by atoms with Crippen LogP contribution in [-0.2, 0) is 12.4 Å². The number of halogens is 6. The molecule has 0 aliphatic rings. The van der Waals surface area contributed by atoms with Gasteiger partial charge in [0.25, 0.3) is 0 Å². The summed E-state index contributed by atoms with van der Waals surface area (Å²) in [5.74, 6) is 0. The van der Waals surface area contributed by atoms with Crippen LogP contribution in [0.2, 0.25) is 0 Å². The Morgan fingerprint density at radius 2 is 0.588 bits per heavy atom. The van der Waals surface area contributed by atoms with E-state index in [4.69, 9.17) is 0 Å². The Bertz CT molecular complexity index is 4570. The minimum absolute atomic E-state index is 0.0718. The summed E-state index contributed by atoms with van der Waals surface area (Å²) in [4.78, 5) is 0. The number of hydrogen-bond acceptors (Lipinski definition) is 5. The first-order valence-electron chi connectivity index (χ1n) is 24.7. The first kappa shape index (κ1) is 49.7. The smallest absolute Gasteiger partial charge is 0.307 e. The van der Waals surface area contributed by atoms with Crippen molar-refractivity contribution in [2.45, 2.75) is 12.4 Å². The van der Waals surface area contributed by atoms with Crippen LogP contribution in [0.15, 0.2) is 200 Å². The molecule has 0 fully saturated rings. The molecular formula is C67H33F6N7. The highest BCUT2D eigenvalue weighted by molar-refractivity contribution is 6.14. The van der Waals surface area contributed by atoms with Crippen molar-refractivity contribution in [3.8, 4) is 97.4 Å². The molecule has 0 N–H and O–H groups in total. The molecule has 0 atom stereocenters. The molecule has 7 nitrogen and oxygen atoms in total. The molecule has 0 radical (unpaired) electrons. The third-order valence-electron chi connectivity index (χ3n) is 14.5. The van der Waals surface area contributed by atoms with Gasteiger partial charge in [0.05, 0.1) is 103 Å². The highest BCUT2D eigenvalue weighted by atomic mass is 19.4. The maximum Gasteiger partial charge on any atom is 0.417 e. The second-order valence-corrected chi connectivity index (χ2v) is 19.1. The zero-order valence-corrected chi connectivity index (χ0v) is 41.5. The molecule has 2 heterocycles. The molecule has 12 rings (SSSR count). The van der Waals surface area contributed by atoms with Gasteiger partial charge in [-0.15, -0.1) is 0 Å². The van der Waals surface area contributed by atoms with E-state index in [9.17, 15) is 26.3 Å². The van der Waals surface area contributed by atoms with E-state index in [-0.39, 0.29) is 11.4 Å². The van der Waals surface area contributed by atoms with E-state index < -0.39 is 40.2 Å². The Morgan fingerprint density at radius 1 is 0.300 bits per heavy atom. The van der Waals surface area contributed by atoms with Gasteiger partial charge in [-0.2, -0.15) is 52.7 Å². The van der Waals surface area contributed by atoms with E-state index in [1.165, 1.54) is 12.1 Å². The summed E-state index contributed by atoms with van der Waals surface area (Å²) in [6.45, 7) is 0. The van der Waals surface area contributed by atoms with E-state index in [0.29, 0.717) is 129 Å². The molecule has 0 unspecified atom stereocenters. The molecule has 80 heavy (non-hydrogen) atoms. The van der Waals surface area contributed by atoms with Crippen LogP contribution in [0.25, 0.3) is 111 Å². The molecule has 0 saturated carbocycles. The summed E-state index contributed by atoms with van der Waals surface area (Å²) in [6.07, 6.45) is -10.6. The van der Waals surface area contributed by atoms with Crippen LogP contribution in [-0.4, -0.2) is 9.13 Å². The minimum atomic E-state index is -5.32. The van der Waals surface area contributed by atoms with Gasteiger partial charge in [-0.1, -0.05) is 103 Å². The van der Waals surface area contributed by atoms with Crippen LogP contribution in [0.3, 0.4) is 0 Å². The van der Waals surface area contributed by atoms with Crippen molar-refractivity contribution in [2.75, 3.05) is 0 Å². The number of hydrogen-bond donors (Lipinski definition) is 0. The quantitative estimate of drug-likeness (QED) is 0.147. The normalized spacial score (nSPS) is 11.6. The highest BCUT2D eigenvalue weighted by Crippen LogP contribution is 2.49. The molecule has 0 saturated heterocycles. The summed E-state index contributed by atoms with van der Waals surface area (Å²) in [6, 6.07) is 65.4. The fourth-order valence-corrected chi connectivity index (χ4v) is 10.9. The van der Waals surface area contributed by atoms with Crippen LogP contribution in [0, 0.1) is 56.7 Å². The molecule has 0 amide bonds. The average Bonchev–Trinajstić information content (AvgIpc) is 4.22. The van der Waals surface area contributed by atoms with Crippen LogP contribution in [0.1, 0.15) is 38.9 Å². The predicted molar refractivity (Wildman–Crippen MR) is 296 cm³/mol. The molecule has 378 valence electrons. The van der Waals surface area contributed by atoms with Crippen molar-refractivity contribution < 1.29 is 26.3 Å². The fourth-order valence-electron chi connectivity index (χ4n) is 10.9. The first-order valence-corrected chi connectivity index (χ1v) is 24.7. The topological polar surface area (TPSA) is 129 Å². The second-order valence-electron chi connectivity index (χ2n) is 19.1. The average molecular weight is 1050 g/mol. The lowest BCUT2D eigenvalue weighted by atomic mass is 9.89. The first-order chi connectivity index (χ1) is 38.7. The van der Waals surface area contributed by atoms with E-state index in [1.807, 2.05) is 108 Å². The molecule has 2 aromatic heterocycles. The zero-order valence-electron chi connectivity index (χ0n) is 41.5. The fraction of sp³-hybridized carbons (Fsp3) is 0.0299. The van der Waals surface area contributed by atoms with Crippen molar-refractivity contribution in [2.24, 2.45) is 0 Å². The Kier molecular flexibility index (Phi) is 11.9. The van der Waals surface area contributed by atoms with Gasteiger partial charge in [-0.25, -0.2) is 0 Å². The molecule has 0 aliphatic carbocycles. The summed E-state index contributed by atoms with van der Waals surface area (Å²) < 4.78 is 96.1. The van der Waals surface area contributed by atoms with Gasteiger partial charge in [-0.05, 0) is 142 Å². The number of benzene rings is 10. The Labute approximate surface area is 452 Å². The number of rotatable bonds is 7. The highest BCUT2D eigenvalue weighted by Gasteiger charge is 2.42. The number of fused-ring (bicyclic) bond motifs is 6. The molecular weight excluding hydrogens is 1020 g/mol.